The molecule has 0 saturated heterocycles. The highest BCUT2D eigenvalue weighted by Gasteiger charge is 2.46. The van der Waals surface area contributed by atoms with Gasteiger partial charge < -0.3 is 6.92 Å². The van der Waals surface area contributed by atoms with Gasteiger partial charge in [0.2, 0.25) is 0 Å². The number of benzene rings is 14. The summed E-state index contributed by atoms with van der Waals surface area (Å²) in [5, 5.41) is 16.7. The number of fused-ring (bicyclic) bond motifs is 17. The fraction of sp³-hybridized carbons (Fsp3) is 0.0375. The number of aromatic nitrogens is 4. The Labute approximate surface area is 486 Å². The van der Waals surface area contributed by atoms with Gasteiger partial charge in [-0.2, -0.15) is 0 Å². The van der Waals surface area contributed by atoms with Gasteiger partial charge in [-0.05, 0) is 134 Å². The summed E-state index contributed by atoms with van der Waals surface area (Å²) in [5.74, 6) is 1.42. The van der Waals surface area contributed by atoms with Gasteiger partial charge in [0.05, 0.1) is 27.8 Å². The number of para-hydroxylation sites is 1. The quantitative estimate of drug-likeness (QED) is 0.118. The first-order chi connectivity index (χ1) is 41.5. The zero-order chi connectivity index (χ0) is 55.6. The predicted octanol–water partition coefficient (Wildman–Crippen LogP) is 20.5. The Kier molecular flexibility index (Phi) is 10.7. The first kappa shape index (κ1) is 48.1. The van der Waals surface area contributed by atoms with Crippen LogP contribution < -0.4 is 0 Å². The third-order valence-corrected chi connectivity index (χ3v) is 18.0. The van der Waals surface area contributed by atoms with Crippen molar-refractivity contribution in [3.8, 4) is 56.4 Å². The van der Waals surface area contributed by atoms with Crippen LogP contribution >= 0.6 is 0 Å². The Balaban J connectivity index is 0.869. The Morgan fingerprint density at radius 1 is 0.286 bits per heavy atom. The molecule has 0 amide bonds. The lowest BCUT2D eigenvalue weighted by Crippen LogP contribution is -2.28. The van der Waals surface area contributed by atoms with Crippen molar-refractivity contribution in [2.24, 2.45) is 0 Å². The third kappa shape index (κ3) is 7.20. The Bertz CT molecular complexity index is 5300. The maximum Gasteiger partial charge on any atom is 0.160 e. The molecule has 4 heteroatoms. The standard InChI is InChI=1S/C80H51N4/c1-48(2)49-33-42-69-75(47-49)82-78(52-36-39-65-61-28-12-10-24-57(61)59-26-14-16-30-63(59)71(65)44-52)84-77(69)51-35-40-66-67-41-37-53(46-73(67)80(72(66)45-51,54-19-5-3-6-20-54)55-21-7-4-8-22-55)79-81-74-32-18-17-31-68(74)76(83-79)50-34-38-64-60-27-11-9-23-56(60)58-25-13-15-29-62(58)70(64)43-50/h3-48H,1H2,2H3/q-1. The second kappa shape index (κ2) is 18.7. The number of rotatable bonds is 7. The smallest absolute Gasteiger partial charge is 0.160 e. The van der Waals surface area contributed by atoms with Crippen LogP contribution in [0, 0.1) is 6.92 Å². The summed E-state index contributed by atoms with van der Waals surface area (Å²) in [7, 11) is 0. The molecule has 0 bridgehead atoms. The van der Waals surface area contributed by atoms with Gasteiger partial charge >= 0.3 is 0 Å². The van der Waals surface area contributed by atoms with E-state index in [4.69, 9.17) is 19.9 Å². The fourth-order valence-electron chi connectivity index (χ4n) is 14.1. The monoisotopic (exact) mass is 1070 g/mol. The molecule has 2 aromatic heterocycles. The summed E-state index contributed by atoms with van der Waals surface area (Å²) < 4.78 is 0. The zero-order valence-electron chi connectivity index (χ0n) is 46.1. The minimum atomic E-state index is -0.745. The van der Waals surface area contributed by atoms with E-state index in [9.17, 15) is 0 Å². The predicted molar refractivity (Wildman–Crippen MR) is 350 cm³/mol. The van der Waals surface area contributed by atoms with E-state index in [1.165, 1.54) is 98.0 Å². The first-order valence-corrected chi connectivity index (χ1v) is 29.0. The van der Waals surface area contributed by atoms with Gasteiger partial charge in [-0.3, -0.25) is 0 Å². The van der Waals surface area contributed by atoms with E-state index in [2.05, 4.69) is 287 Å². The maximum atomic E-state index is 5.65. The van der Waals surface area contributed by atoms with E-state index in [0.29, 0.717) is 11.6 Å². The van der Waals surface area contributed by atoms with Crippen LogP contribution in [0.1, 0.15) is 40.7 Å². The molecular weight excluding hydrogens is 1020 g/mol. The van der Waals surface area contributed by atoms with Crippen molar-refractivity contribution in [3.05, 3.63) is 308 Å². The summed E-state index contributed by atoms with van der Waals surface area (Å²) in [4.78, 5) is 22.1. The van der Waals surface area contributed by atoms with E-state index in [-0.39, 0.29) is 5.92 Å². The molecule has 1 unspecified atom stereocenters. The second-order valence-electron chi connectivity index (χ2n) is 22.7. The second-order valence-corrected chi connectivity index (χ2v) is 22.7. The topological polar surface area (TPSA) is 51.6 Å². The molecule has 2 heterocycles. The molecule has 0 N–H and O–H groups in total. The van der Waals surface area contributed by atoms with Crippen LogP contribution in [-0.2, 0) is 5.41 Å². The van der Waals surface area contributed by atoms with Crippen molar-refractivity contribution in [3.63, 3.8) is 0 Å². The van der Waals surface area contributed by atoms with Crippen LogP contribution in [0.5, 0.6) is 0 Å². The van der Waals surface area contributed by atoms with E-state index in [0.717, 1.165) is 61.0 Å². The van der Waals surface area contributed by atoms with E-state index < -0.39 is 5.41 Å². The zero-order valence-corrected chi connectivity index (χ0v) is 46.1. The molecule has 0 radical (unpaired) electrons. The van der Waals surface area contributed by atoms with Crippen molar-refractivity contribution in [2.75, 3.05) is 0 Å². The normalized spacial score (nSPS) is 13.2. The van der Waals surface area contributed by atoms with Crippen LogP contribution in [-0.4, -0.2) is 19.9 Å². The number of hydrogen-bond acceptors (Lipinski definition) is 4. The van der Waals surface area contributed by atoms with Crippen LogP contribution in [0.25, 0.3) is 143 Å². The largest absolute Gasteiger partial charge is 0.336 e. The molecule has 0 fully saturated rings. The summed E-state index contributed by atoms with van der Waals surface area (Å²) in [6.45, 7) is 6.57. The highest BCUT2D eigenvalue weighted by atomic mass is 14.9. The van der Waals surface area contributed by atoms with Crippen LogP contribution in [0.3, 0.4) is 0 Å². The van der Waals surface area contributed by atoms with Crippen molar-refractivity contribution in [1.82, 2.24) is 19.9 Å². The molecule has 4 nitrogen and oxygen atoms in total. The molecule has 1 aliphatic carbocycles. The molecule has 14 aromatic carbocycles. The fourth-order valence-corrected chi connectivity index (χ4v) is 14.1. The molecule has 16 aromatic rings. The van der Waals surface area contributed by atoms with Crippen molar-refractivity contribution in [1.29, 1.82) is 0 Å². The lowest BCUT2D eigenvalue weighted by atomic mass is 9.67. The lowest BCUT2D eigenvalue weighted by Gasteiger charge is -2.34. The summed E-state index contributed by atoms with van der Waals surface area (Å²) in [6.07, 6.45) is 0. The molecule has 84 heavy (non-hydrogen) atoms. The van der Waals surface area contributed by atoms with Crippen molar-refractivity contribution in [2.45, 2.75) is 18.3 Å². The minimum Gasteiger partial charge on any atom is -0.336 e. The Morgan fingerprint density at radius 3 is 1.14 bits per heavy atom. The highest BCUT2D eigenvalue weighted by Crippen LogP contribution is 2.58. The summed E-state index contributed by atoms with van der Waals surface area (Å²) in [6, 6.07) is 99.5. The van der Waals surface area contributed by atoms with Crippen molar-refractivity contribution >= 4 is 86.4 Å². The molecule has 0 spiro atoms. The van der Waals surface area contributed by atoms with Crippen LogP contribution in [0.15, 0.2) is 273 Å². The van der Waals surface area contributed by atoms with Crippen LogP contribution in [0.4, 0.5) is 0 Å². The molecule has 1 atom stereocenters. The van der Waals surface area contributed by atoms with E-state index >= 15 is 0 Å². The first-order valence-electron chi connectivity index (χ1n) is 29.0. The molecule has 0 saturated carbocycles. The van der Waals surface area contributed by atoms with Gasteiger partial charge in [0.1, 0.15) is 0 Å². The van der Waals surface area contributed by atoms with Gasteiger partial charge in [0, 0.05) is 33.0 Å². The molecule has 0 aliphatic heterocycles. The summed E-state index contributed by atoms with van der Waals surface area (Å²) >= 11 is 0. The van der Waals surface area contributed by atoms with Gasteiger partial charge in [0.15, 0.2) is 11.6 Å². The Morgan fingerprint density at radius 2 is 0.631 bits per heavy atom. The average Bonchev–Trinajstić information content (AvgIpc) is 2.08. The number of nitrogens with zero attached hydrogens (tertiary/aromatic N) is 4. The van der Waals surface area contributed by atoms with Crippen LogP contribution in [0.2, 0.25) is 0 Å². The van der Waals surface area contributed by atoms with Crippen molar-refractivity contribution < 1.29 is 0 Å². The minimum absolute atomic E-state index is 0.0736. The molecular formula is C80H51N4-. The van der Waals surface area contributed by atoms with Gasteiger partial charge in [-0.25, -0.2) is 19.9 Å². The molecule has 17 rings (SSSR count). The Hall–Kier alpha value is -10.7. The van der Waals surface area contributed by atoms with E-state index in [1.807, 2.05) is 0 Å². The molecule has 392 valence electrons. The summed E-state index contributed by atoms with van der Waals surface area (Å²) in [5.41, 5.74) is 14.9. The van der Waals surface area contributed by atoms with E-state index in [1.54, 1.807) is 0 Å². The SMILES string of the molecule is [CH2-]C(C)c1ccc2c(-c3ccc4c(c3)C(c3ccccc3)(c3ccccc3)c3cc(-c5nc(-c6ccc7c8ccccc8c8ccccc8c7c6)c6ccccc6n5)ccc3-4)nc(-c3ccc4c5ccccc5c5ccccc5c4c3)nc2c1. The number of hydrogen-bond donors (Lipinski definition) is 0. The highest BCUT2D eigenvalue weighted by molar-refractivity contribution is 6.27. The third-order valence-electron chi connectivity index (χ3n) is 18.0. The van der Waals surface area contributed by atoms with Gasteiger partial charge in [-0.1, -0.05) is 249 Å². The average molecular weight is 1070 g/mol. The maximum absolute atomic E-state index is 5.65. The van der Waals surface area contributed by atoms with Gasteiger partial charge in [-0.15, -0.1) is 5.92 Å². The van der Waals surface area contributed by atoms with Gasteiger partial charge in [0.25, 0.3) is 0 Å². The lowest BCUT2D eigenvalue weighted by molar-refractivity contribution is 0.769. The molecule has 1 aliphatic rings.